The Morgan fingerprint density at radius 1 is 1.03 bits per heavy atom. The molecule has 2 rings (SSSR count). The zero-order valence-electron chi connectivity index (χ0n) is 17.3. The molecule has 1 aliphatic rings. The first-order valence-corrected chi connectivity index (χ1v) is 11.7. The topological polar surface area (TPSA) is 105 Å². The summed E-state index contributed by atoms with van der Waals surface area (Å²) in [5, 5.41) is 20.5. The van der Waals surface area contributed by atoms with Crippen molar-refractivity contribution >= 4 is 23.5 Å². The van der Waals surface area contributed by atoms with Gasteiger partial charge in [0.25, 0.3) is 0 Å². The molecule has 3 N–H and O–H groups in total. The van der Waals surface area contributed by atoms with Crippen molar-refractivity contribution < 1.29 is 29.3 Å². The molecule has 1 aromatic rings. The molecule has 30 heavy (non-hydrogen) atoms. The Hall–Kier alpha value is -1.45. The van der Waals surface area contributed by atoms with Crippen molar-refractivity contribution in [2.45, 2.75) is 63.6 Å². The SMILES string of the molecule is O=C(CO)CCCCCCC(=O)NC1OC(CSCCO)CC(c2ccccc2)O1. The minimum Gasteiger partial charge on any atom is -0.396 e. The van der Waals surface area contributed by atoms with E-state index in [1.807, 2.05) is 30.3 Å². The number of benzene rings is 1. The molecule has 1 saturated heterocycles. The van der Waals surface area contributed by atoms with Crippen LogP contribution in [-0.2, 0) is 19.1 Å². The molecule has 0 saturated carbocycles. The minimum atomic E-state index is -0.793. The number of rotatable bonds is 14. The third kappa shape index (κ3) is 9.57. The summed E-state index contributed by atoms with van der Waals surface area (Å²) in [6.07, 6.45) is 3.61. The molecule has 3 atom stereocenters. The van der Waals surface area contributed by atoms with Crippen LogP contribution < -0.4 is 5.32 Å². The fourth-order valence-electron chi connectivity index (χ4n) is 3.29. The molecule has 1 aromatic carbocycles. The molecule has 3 unspecified atom stereocenters. The third-order valence-electron chi connectivity index (χ3n) is 4.86. The number of carbonyl (C=O) groups excluding carboxylic acids is 2. The number of hydrogen-bond acceptors (Lipinski definition) is 7. The van der Waals surface area contributed by atoms with Gasteiger partial charge in [-0.15, -0.1) is 0 Å². The van der Waals surface area contributed by atoms with Crippen LogP contribution in [0, 0.1) is 0 Å². The third-order valence-corrected chi connectivity index (χ3v) is 5.93. The second-order valence-electron chi connectivity index (χ2n) is 7.34. The molecule has 1 amide bonds. The smallest absolute Gasteiger partial charge is 0.240 e. The van der Waals surface area contributed by atoms with E-state index in [-0.39, 0.29) is 30.5 Å². The van der Waals surface area contributed by atoms with E-state index >= 15 is 0 Å². The number of ketones is 1. The van der Waals surface area contributed by atoms with Gasteiger partial charge in [0.1, 0.15) is 6.61 Å². The molecule has 0 aromatic heterocycles. The lowest BCUT2D eigenvalue weighted by Gasteiger charge is -2.36. The van der Waals surface area contributed by atoms with E-state index in [4.69, 9.17) is 19.7 Å². The molecule has 0 radical (unpaired) electrons. The largest absolute Gasteiger partial charge is 0.396 e. The number of thioether (sulfide) groups is 1. The maximum Gasteiger partial charge on any atom is 0.240 e. The van der Waals surface area contributed by atoms with Gasteiger partial charge < -0.3 is 25.0 Å². The van der Waals surface area contributed by atoms with E-state index in [1.54, 1.807) is 11.8 Å². The number of ether oxygens (including phenoxy) is 2. The van der Waals surface area contributed by atoms with Crippen LogP contribution in [-0.4, -0.2) is 59.1 Å². The maximum absolute atomic E-state index is 12.3. The molecule has 7 nitrogen and oxygen atoms in total. The van der Waals surface area contributed by atoms with Gasteiger partial charge >= 0.3 is 0 Å². The van der Waals surface area contributed by atoms with Gasteiger partial charge in [-0.25, -0.2) is 0 Å². The molecular formula is C22H33NO6S. The quantitative estimate of drug-likeness (QED) is 0.383. The van der Waals surface area contributed by atoms with Crippen molar-refractivity contribution in [1.29, 1.82) is 0 Å². The average molecular weight is 440 g/mol. The monoisotopic (exact) mass is 439 g/mol. The second kappa shape index (κ2) is 14.5. The predicted octanol–water partition coefficient (Wildman–Crippen LogP) is 2.56. The number of unbranched alkanes of at least 4 members (excludes halogenated alkanes) is 3. The van der Waals surface area contributed by atoms with Gasteiger partial charge in [-0.1, -0.05) is 43.2 Å². The number of nitrogens with one attached hydrogen (secondary N) is 1. The number of aliphatic hydroxyl groups excluding tert-OH is 2. The second-order valence-corrected chi connectivity index (χ2v) is 8.49. The lowest BCUT2D eigenvalue weighted by molar-refractivity contribution is -0.251. The fraction of sp³-hybridized carbons (Fsp3) is 0.636. The van der Waals surface area contributed by atoms with Crippen molar-refractivity contribution in [2.24, 2.45) is 0 Å². The summed E-state index contributed by atoms with van der Waals surface area (Å²) >= 11 is 1.62. The highest BCUT2D eigenvalue weighted by molar-refractivity contribution is 7.99. The first kappa shape index (κ1) is 24.8. The van der Waals surface area contributed by atoms with E-state index in [0.717, 1.165) is 37.0 Å². The van der Waals surface area contributed by atoms with E-state index in [2.05, 4.69) is 5.32 Å². The van der Waals surface area contributed by atoms with Gasteiger partial charge in [0.05, 0.1) is 18.8 Å². The van der Waals surface area contributed by atoms with E-state index < -0.39 is 13.0 Å². The lowest BCUT2D eigenvalue weighted by Crippen LogP contribution is -2.46. The Kier molecular flexibility index (Phi) is 12.0. The van der Waals surface area contributed by atoms with Gasteiger partial charge in [-0.05, 0) is 18.4 Å². The summed E-state index contributed by atoms with van der Waals surface area (Å²) in [4.78, 5) is 23.4. The minimum absolute atomic E-state index is 0.0742. The van der Waals surface area contributed by atoms with E-state index in [1.165, 1.54) is 0 Å². The molecule has 8 heteroatoms. The maximum atomic E-state index is 12.3. The van der Waals surface area contributed by atoms with Crippen LogP contribution in [0.5, 0.6) is 0 Å². The first-order chi connectivity index (χ1) is 14.6. The van der Waals surface area contributed by atoms with Gasteiger partial charge in [-0.2, -0.15) is 11.8 Å². The van der Waals surface area contributed by atoms with Gasteiger partial charge in [0, 0.05) is 30.8 Å². The van der Waals surface area contributed by atoms with Crippen LogP contribution in [0.2, 0.25) is 0 Å². The number of aliphatic hydroxyl groups is 2. The van der Waals surface area contributed by atoms with Crippen LogP contribution in [0.4, 0.5) is 0 Å². The lowest BCUT2D eigenvalue weighted by atomic mass is 10.0. The molecule has 1 fully saturated rings. The fourth-order valence-corrected chi connectivity index (χ4v) is 4.06. The Morgan fingerprint density at radius 2 is 1.77 bits per heavy atom. The van der Waals surface area contributed by atoms with Crippen molar-refractivity contribution in [3.05, 3.63) is 35.9 Å². The zero-order chi connectivity index (χ0) is 21.6. The number of carbonyl (C=O) groups is 2. The molecule has 1 aliphatic heterocycles. The summed E-state index contributed by atoms with van der Waals surface area (Å²) < 4.78 is 11.9. The molecule has 1 heterocycles. The van der Waals surface area contributed by atoms with Crippen LogP contribution in [0.25, 0.3) is 0 Å². The standard InChI is InChI=1S/C22H33NO6S/c24-12-13-30-16-19-14-20(17-8-4-3-5-9-17)29-22(28-19)23-21(27)11-7-2-1-6-10-18(26)15-25/h3-5,8-9,19-20,22,24-25H,1-2,6-7,10-16H2,(H,23,27). The predicted molar refractivity (Wildman–Crippen MR) is 116 cm³/mol. The average Bonchev–Trinajstić information content (AvgIpc) is 2.76. The Bertz CT molecular complexity index is 629. The summed E-state index contributed by atoms with van der Waals surface area (Å²) in [7, 11) is 0. The first-order valence-electron chi connectivity index (χ1n) is 10.6. The molecule has 0 aliphatic carbocycles. The van der Waals surface area contributed by atoms with Crippen molar-refractivity contribution in [3.63, 3.8) is 0 Å². The van der Waals surface area contributed by atoms with Gasteiger partial charge in [0.15, 0.2) is 5.78 Å². The van der Waals surface area contributed by atoms with Crippen LogP contribution >= 0.6 is 11.8 Å². The summed E-state index contributed by atoms with van der Waals surface area (Å²) in [5.74, 6) is 1.12. The summed E-state index contributed by atoms with van der Waals surface area (Å²) in [6, 6.07) is 9.90. The Balaban J connectivity index is 1.77. The van der Waals surface area contributed by atoms with Crippen LogP contribution in [0.15, 0.2) is 30.3 Å². The van der Waals surface area contributed by atoms with Gasteiger partial charge in [-0.3, -0.25) is 9.59 Å². The van der Waals surface area contributed by atoms with Crippen molar-refractivity contribution in [3.8, 4) is 0 Å². The molecule has 0 bridgehead atoms. The van der Waals surface area contributed by atoms with E-state index in [0.29, 0.717) is 25.0 Å². The van der Waals surface area contributed by atoms with Crippen LogP contribution in [0.1, 0.15) is 56.6 Å². The van der Waals surface area contributed by atoms with Crippen LogP contribution in [0.3, 0.4) is 0 Å². The Morgan fingerprint density at radius 3 is 2.47 bits per heavy atom. The Labute approximate surface area is 182 Å². The summed E-state index contributed by atoms with van der Waals surface area (Å²) in [5.41, 5.74) is 1.05. The molecule has 168 valence electrons. The van der Waals surface area contributed by atoms with Crippen molar-refractivity contribution in [1.82, 2.24) is 5.32 Å². The zero-order valence-corrected chi connectivity index (χ0v) is 18.1. The highest BCUT2D eigenvalue weighted by atomic mass is 32.2. The van der Waals surface area contributed by atoms with Gasteiger partial charge in [0.2, 0.25) is 12.3 Å². The highest BCUT2D eigenvalue weighted by Crippen LogP contribution is 2.31. The molecular weight excluding hydrogens is 406 g/mol. The number of amides is 1. The number of Topliss-reactive ketones (excluding diaryl/α,β-unsaturated/α-hetero) is 1. The van der Waals surface area contributed by atoms with E-state index in [9.17, 15) is 9.59 Å². The summed E-state index contributed by atoms with van der Waals surface area (Å²) in [6.45, 7) is -0.266. The molecule has 0 spiro atoms. The highest BCUT2D eigenvalue weighted by Gasteiger charge is 2.31. The normalized spacial score (nSPS) is 21.3. The number of hydrogen-bond donors (Lipinski definition) is 3. The van der Waals surface area contributed by atoms with Crippen molar-refractivity contribution in [2.75, 3.05) is 24.7 Å².